The molecule has 1 aromatic carbocycles. The number of rotatable bonds is 0. The topological polar surface area (TPSA) is 45.8 Å². The van der Waals surface area contributed by atoms with Crippen LogP contribution in [0.1, 0.15) is 32.0 Å². The number of fused-ring (bicyclic) bond motifs is 1. The van der Waals surface area contributed by atoms with Crippen molar-refractivity contribution in [1.82, 2.24) is 9.97 Å². The highest BCUT2D eigenvalue weighted by molar-refractivity contribution is 5.75. The third-order valence-electron chi connectivity index (χ3n) is 2.83. The molecule has 0 spiro atoms. The first-order valence-corrected chi connectivity index (χ1v) is 5.71. The molecule has 2 aromatic rings. The number of aromatic amines is 1. The predicted molar refractivity (Wildman–Crippen MR) is 66.1 cm³/mol. The number of hydrogen-bond acceptors (Lipinski definition) is 2. The van der Waals surface area contributed by atoms with Crippen molar-refractivity contribution in [2.75, 3.05) is 0 Å². The molecule has 0 atom stereocenters. The lowest BCUT2D eigenvalue weighted by atomic mass is 9.87. The van der Waals surface area contributed by atoms with E-state index in [1.54, 1.807) is 12.1 Å². The van der Waals surface area contributed by atoms with E-state index in [1.165, 1.54) is 6.07 Å². The third-order valence-corrected chi connectivity index (χ3v) is 2.83. The van der Waals surface area contributed by atoms with Gasteiger partial charge >= 0.3 is 6.18 Å². The Labute approximate surface area is 107 Å². The Hall–Kier alpha value is -1.85. The van der Waals surface area contributed by atoms with Crippen LogP contribution < -0.4 is 5.56 Å². The van der Waals surface area contributed by atoms with Crippen LogP contribution in [0.15, 0.2) is 23.0 Å². The first-order chi connectivity index (χ1) is 8.59. The molecule has 1 N–H and O–H groups in total. The van der Waals surface area contributed by atoms with Crippen molar-refractivity contribution in [3.8, 4) is 0 Å². The zero-order valence-electron chi connectivity index (χ0n) is 10.7. The molecule has 0 aliphatic rings. The fourth-order valence-electron chi connectivity index (χ4n) is 1.75. The van der Waals surface area contributed by atoms with Gasteiger partial charge in [0.15, 0.2) is 0 Å². The fraction of sp³-hybridized carbons (Fsp3) is 0.385. The van der Waals surface area contributed by atoms with Gasteiger partial charge < -0.3 is 4.98 Å². The van der Waals surface area contributed by atoms with Gasteiger partial charge in [-0.2, -0.15) is 13.2 Å². The van der Waals surface area contributed by atoms with Crippen molar-refractivity contribution in [3.05, 3.63) is 39.8 Å². The second-order valence-corrected chi connectivity index (χ2v) is 5.39. The number of benzene rings is 1. The smallest absolute Gasteiger partial charge is 0.319 e. The van der Waals surface area contributed by atoms with E-state index in [-0.39, 0.29) is 10.9 Å². The van der Waals surface area contributed by atoms with Crippen LogP contribution in [0, 0.1) is 0 Å². The summed E-state index contributed by atoms with van der Waals surface area (Å²) in [7, 11) is 0. The summed E-state index contributed by atoms with van der Waals surface area (Å²) in [5.41, 5.74) is -1.44. The summed E-state index contributed by atoms with van der Waals surface area (Å²) in [5, 5.41) is 0. The Morgan fingerprint density at radius 1 is 1.16 bits per heavy atom. The highest BCUT2D eigenvalue weighted by Gasteiger charge is 2.36. The van der Waals surface area contributed by atoms with Gasteiger partial charge in [-0.1, -0.05) is 26.8 Å². The average Bonchev–Trinajstić information content (AvgIpc) is 2.24. The van der Waals surface area contributed by atoms with Crippen LogP contribution in [0.25, 0.3) is 11.0 Å². The van der Waals surface area contributed by atoms with Gasteiger partial charge in [-0.05, 0) is 23.1 Å². The number of halogens is 3. The highest BCUT2D eigenvalue weighted by atomic mass is 19.4. The van der Waals surface area contributed by atoms with E-state index in [9.17, 15) is 18.0 Å². The number of hydrogen-bond donors (Lipinski definition) is 1. The summed E-state index contributed by atoms with van der Waals surface area (Å²) in [5.74, 6) is 0. The van der Waals surface area contributed by atoms with Gasteiger partial charge in [0.1, 0.15) is 0 Å². The van der Waals surface area contributed by atoms with Crippen LogP contribution in [0.5, 0.6) is 0 Å². The standard InChI is InChI=1S/C13H13F3N2O/c1-12(2,3)7-4-5-8-9(6-7)18-11(19)10(17-8)13(14,15)16/h4-6H,1-3H3,(H,18,19). The van der Waals surface area contributed by atoms with Crippen molar-refractivity contribution in [3.63, 3.8) is 0 Å². The second kappa shape index (κ2) is 4.08. The summed E-state index contributed by atoms with van der Waals surface area (Å²) in [6.45, 7) is 5.93. The largest absolute Gasteiger partial charge is 0.438 e. The van der Waals surface area contributed by atoms with E-state index in [1.807, 2.05) is 20.8 Å². The number of alkyl halides is 3. The summed E-state index contributed by atoms with van der Waals surface area (Å²) in [4.78, 5) is 17.0. The summed E-state index contributed by atoms with van der Waals surface area (Å²) >= 11 is 0. The predicted octanol–water partition coefficient (Wildman–Crippen LogP) is 3.24. The van der Waals surface area contributed by atoms with Crippen molar-refractivity contribution in [2.45, 2.75) is 32.4 Å². The van der Waals surface area contributed by atoms with Gasteiger partial charge in [-0.25, -0.2) is 4.98 Å². The molecular weight excluding hydrogens is 257 g/mol. The fourth-order valence-corrected chi connectivity index (χ4v) is 1.75. The maximum Gasteiger partial charge on any atom is 0.438 e. The molecule has 2 rings (SSSR count). The zero-order chi connectivity index (χ0) is 14.4. The summed E-state index contributed by atoms with van der Waals surface area (Å²) < 4.78 is 37.7. The molecule has 1 aromatic heterocycles. The molecule has 0 radical (unpaired) electrons. The number of nitrogens with one attached hydrogen (secondary N) is 1. The molecule has 0 bridgehead atoms. The molecule has 0 fully saturated rings. The van der Waals surface area contributed by atoms with Gasteiger partial charge in [0, 0.05) is 0 Å². The Kier molecular flexibility index (Phi) is 2.91. The van der Waals surface area contributed by atoms with Crippen LogP contribution in [0.3, 0.4) is 0 Å². The van der Waals surface area contributed by atoms with Gasteiger partial charge in [-0.3, -0.25) is 4.79 Å². The Morgan fingerprint density at radius 2 is 1.79 bits per heavy atom. The van der Waals surface area contributed by atoms with E-state index < -0.39 is 17.4 Å². The lowest BCUT2D eigenvalue weighted by Gasteiger charge is -2.19. The summed E-state index contributed by atoms with van der Waals surface area (Å²) in [6, 6.07) is 4.86. The molecule has 19 heavy (non-hydrogen) atoms. The van der Waals surface area contributed by atoms with Gasteiger partial charge in [0.2, 0.25) is 5.69 Å². The third kappa shape index (κ3) is 2.62. The highest BCUT2D eigenvalue weighted by Crippen LogP contribution is 2.27. The molecule has 1 heterocycles. The molecule has 0 aliphatic heterocycles. The number of aromatic nitrogens is 2. The van der Waals surface area contributed by atoms with Gasteiger partial charge in [0.25, 0.3) is 5.56 Å². The van der Waals surface area contributed by atoms with Gasteiger partial charge in [-0.15, -0.1) is 0 Å². The van der Waals surface area contributed by atoms with Crippen molar-refractivity contribution in [2.24, 2.45) is 0 Å². The number of nitrogens with zero attached hydrogens (tertiary/aromatic N) is 1. The molecule has 0 saturated carbocycles. The quantitative estimate of drug-likeness (QED) is 0.798. The maximum atomic E-state index is 12.6. The van der Waals surface area contributed by atoms with Crippen LogP contribution >= 0.6 is 0 Å². The minimum atomic E-state index is -4.75. The minimum absolute atomic E-state index is 0.125. The monoisotopic (exact) mass is 270 g/mol. The van der Waals surface area contributed by atoms with E-state index in [2.05, 4.69) is 9.97 Å². The Balaban J connectivity index is 2.69. The van der Waals surface area contributed by atoms with Crippen LogP contribution in [0.4, 0.5) is 13.2 Å². The molecular formula is C13H13F3N2O. The lowest BCUT2D eigenvalue weighted by molar-refractivity contribution is -0.142. The molecule has 0 aliphatic carbocycles. The van der Waals surface area contributed by atoms with E-state index in [0.29, 0.717) is 5.52 Å². The van der Waals surface area contributed by atoms with Crippen molar-refractivity contribution in [1.29, 1.82) is 0 Å². The second-order valence-electron chi connectivity index (χ2n) is 5.39. The zero-order valence-corrected chi connectivity index (χ0v) is 10.7. The molecule has 0 amide bonds. The van der Waals surface area contributed by atoms with Crippen molar-refractivity contribution < 1.29 is 13.2 Å². The van der Waals surface area contributed by atoms with Crippen LogP contribution in [-0.4, -0.2) is 9.97 Å². The van der Waals surface area contributed by atoms with Crippen molar-refractivity contribution >= 4 is 11.0 Å². The Bertz CT molecular complexity index is 681. The number of H-pyrrole nitrogens is 1. The molecule has 102 valence electrons. The first-order valence-electron chi connectivity index (χ1n) is 5.71. The molecule has 0 saturated heterocycles. The molecule has 6 heteroatoms. The van der Waals surface area contributed by atoms with Gasteiger partial charge in [0.05, 0.1) is 11.0 Å². The summed E-state index contributed by atoms with van der Waals surface area (Å²) in [6.07, 6.45) is -4.75. The molecule has 3 nitrogen and oxygen atoms in total. The first kappa shape index (κ1) is 13.6. The Morgan fingerprint density at radius 3 is 2.32 bits per heavy atom. The molecule has 0 unspecified atom stereocenters. The van der Waals surface area contributed by atoms with E-state index >= 15 is 0 Å². The maximum absolute atomic E-state index is 12.6. The van der Waals surface area contributed by atoms with E-state index in [0.717, 1.165) is 5.56 Å². The van der Waals surface area contributed by atoms with Crippen LogP contribution in [0.2, 0.25) is 0 Å². The normalized spacial score (nSPS) is 12.9. The van der Waals surface area contributed by atoms with Crippen LogP contribution in [-0.2, 0) is 11.6 Å². The average molecular weight is 270 g/mol. The van der Waals surface area contributed by atoms with E-state index in [4.69, 9.17) is 0 Å². The minimum Gasteiger partial charge on any atom is -0.319 e. The SMILES string of the molecule is CC(C)(C)c1ccc2nc(C(F)(F)F)c(=O)[nH]c2c1. The lowest BCUT2D eigenvalue weighted by Crippen LogP contribution is -2.24.